The molecule has 0 fully saturated rings. The second kappa shape index (κ2) is 7.04. The SMILES string of the molecule is C#CCOS(=O)(=O)Cc1ccccc1S(=O)(=O)NC(C)C. The summed E-state index contributed by atoms with van der Waals surface area (Å²) >= 11 is 0. The molecule has 0 aromatic heterocycles. The van der Waals surface area contributed by atoms with Gasteiger partial charge in [0.1, 0.15) is 12.4 Å². The molecule has 21 heavy (non-hydrogen) atoms. The van der Waals surface area contributed by atoms with Gasteiger partial charge in [0.15, 0.2) is 0 Å². The Bertz CT molecular complexity index is 730. The predicted molar refractivity (Wildman–Crippen MR) is 79.3 cm³/mol. The van der Waals surface area contributed by atoms with Crippen LogP contribution in [0.2, 0.25) is 0 Å². The fourth-order valence-electron chi connectivity index (χ4n) is 1.61. The standard InChI is InChI=1S/C13H17NO5S2/c1-4-9-19-20(15,16)10-12-7-5-6-8-13(12)21(17,18)14-11(2)3/h1,5-8,11,14H,9-10H2,2-3H3. The highest BCUT2D eigenvalue weighted by atomic mass is 32.2. The maximum absolute atomic E-state index is 12.2. The molecule has 0 spiro atoms. The highest BCUT2D eigenvalue weighted by Crippen LogP contribution is 2.19. The molecule has 0 atom stereocenters. The van der Waals surface area contributed by atoms with Crippen LogP contribution >= 0.6 is 0 Å². The minimum Gasteiger partial charge on any atom is -0.257 e. The van der Waals surface area contributed by atoms with E-state index in [9.17, 15) is 16.8 Å². The minimum absolute atomic E-state index is 0.0911. The van der Waals surface area contributed by atoms with Crippen molar-refractivity contribution in [1.82, 2.24) is 4.72 Å². The van der Waals surface area contributed by atoms with Crippen LogP contribution in [0, 0.1) is 12.3 Å². The van der Waals surface area contributed by atoms with Crippen molar-refractivity contribution in [2.75, 3.05) is 6.61 Å². The van der Waals surface area contributed by atoms with Gasteiger partial charge in [-0.3, -0.25) is 4.18 Å². The van der Waals surface area contributed by atoms with Crippen molar-refractivity contribution in [2.45, 2.75) is 30.5 Å². The summed E-state index contributed by atoms with van der Waals surface area (Å²) in [5, 5.41) is 0. The van der Waals surface area contributed by atoms with E-state index in [-0.39, 0.29) is 23.1 Å². The number of hydrogen-bond acceptors (Lipinski definition) is 5. The lowest BCUT2D eigenvalue weighted by molar-refractivity contribution is 0.362. The molecule has 0 saturated carbocycles. The van der Waals surface area contributed by atoms with Crippen LogP contribution in [0.4, 0.5) is 0 Å². The third-order valence-electron chi connectivity index (χ3n) is 2.31. The lowest BCUT2D eigenvalue weighted by Crippen LogP contribution is -2.31. The molecule has 0 unspecified atom stereocenters. The summed E-state index contributed by atoms with van der Waals surface area (Å²) in [5.74, 6) is 1.48. The number of sulfonamides is 1. The molecule has 0 aliphatic carbocycles. The van der Waals surface area contributed by atoms with E-state index in [1.54, 1.807) is 19.9 Å². The Morgan fingerprint density at radius 1 is 1.24 bits per heavy atom. The van der Waals surface area contributed by atoms with Gasteiger partial charge in [-0.05, 0) is 25.5 Å². The highest BCUT2D eigenvalue weighted by molar-refractivity contribution is 7.89. The minimum atomic E-state index is -3.94. The maximum atomic E-state index is 12.2. The van der Waals surface area contributed by atoms with Crippen molar-refractivity contribution in [3.8, 4) is 12.3 Å². The van der Waals surface area contributed by atoms with E-state index in [0.29, 0.717) is 0 Å². The predicted octanol–water partition coefficient (Wildman–Crippen LogP) is 0.853. The summed E-state index contributed by atoms with van der Waals surface area (Å²) < 4.78 is 54.8. The van der Waals surface area contributed by atoms with Crippen molar-refractivity contribution in [3.63, 3.8) is 0 Å². The largest absolute Gasteiger partial charge is 0.272 e. The Labute approximate surface area is 125 Å². The van der Waals surface area contributed by atoms with Crippen molar-refractivity contribution in [2.24, 2.45) is 0 Å². The monoisotopic (exact) mass is 331 g/mol. The zero-order valence-corrected chi connectivity index (χ0v) is 13.4. The summed E-state index contributed by atoms with van der Waals surface area (Å²) in [4.78, 5) is -0.0911. The van der Waals surface area contributed by atoms with Gasteiger partial charge in [-0.1, -0.05) is 24.1 Å². The second-order valence-corrected chi connectivity index (χ2v) is 7.87. The molecular weight excluding hydrogens is 314 g/mol. The number of hydrogen-bond donors (Lipinski definition) is 1. The number of nitrogens with one attached hydrogen (secondary N) is 1. The first-order valence-electron chi connectivity index (χ1n) is 6.09. The van der Waals surface area contributed by atoms with Crippen LogP contribution in [0.5, 0.6) is 0 Å². The molecule has 6 nitrogen and oxygen atoms in total. The van der Waals surface area contributed by atoms with Crippen LogP contribution in [-0.2, 0) is 30.1 Å². The van der Waals surface area contributed by atoms with Crippen LogP contribution < -0.4 is 4.72 Å². The molecule has 0 amide bonds. The molecule has 0 bridgehead atoms. The third kappa shape index (κ3) is 5.47. The van der Waals surface area contributed by atoms with Crippen LogP contribution in [0.3, 0.4) is 0 Å². The van der Waals surface area contributed by atoms with Gasteiger partial charge in [0.25, 0.3) is 10.1 Å². The quantitative estimate of drug-likeness (QED) is 0.591. The zero-order valence-electron chi connectivity index (χ0n) is 11.7. The van der Waals surface area contributed by atoms with Crippen LogP contribution in [-0.4, -0.2) is 29.5 Å². The first kappa shape index (κ1) is 17.7. The van der Waals surface area contributed by atoms with Gasteiger partial charge in [-0.25, -0.2) is 13.1 Å². The smallest absolute Gasteiger partial charge is 0.257 e. The maximum Gasteiger partial charge on any atom is 0.272 e. The average Bonchev–Trinajstić information content (AvgIpc) is 2.35. The number of benzene rings is 1. The average molecular weight is 331 g/mol. The summed E-state index contributed by atoms with van der Waals surface area (Å²) in [5.41, 5.74) is 0.127. The molecule has 0 saturated heterocycles. The lowest BCUT2D eigenvalue weighted by atomic mass is 10.2. The van der Waals surface area contributed by atoms with Crippen molar-refractivity contribution in [3.05, 3.63) is 29.8 Å². The van der Waals surface area contributed by atoms with E-state index in [1.165, 1.54) is 18.2 Å². The highest BCUT2D eigenvalue weighted by Gasteiger charge is 2.22. The van der Waals surface area contributed by atoms with Crippen molar-refractivity contribution in [1.29, 1.82) is 0 Å². The van der Waals surface area contributed by atoms with Gasteiger partial charge in [-0.2, -0.15) is 8.42 Å². The van der Waals surface area contributed by atoms with E-state index in [0.717, 1.165) is 0 Å². The van der Waals surface area contributed by atoms with Gasteiger partial charge in [0.2, 0.25) is 10.0 Å². The van der Waals surface area contributed by atoms with Gasteiger partial charge < -0.3 is 0 Å². The molecule has 0 aliphatic rings. The fraction of sp³-hybridized carbons (Fsp3) is 0.385. The summed E-state index contributed by atoms with van der Waals surface area (Å²) in [7, 11) is -7.74. The van der Waals surface area contributed by atoms with Crippen LogP contribution in [0.15, 0.2) is 29.2 Å². The molecule has 1 aromatic carbocycles. The zero-order chi connectivity index (χ0) is 16.1. The molecule has 1 rings (SSSR count). The van der Waals surface area contributed by atoms with E-state index < -0.39 is 25.9 Å². The van der Waals surface area contributed by atoms with Gasteiger partial charge in [0.05, 0.1) is 4.90 Å². The molecular formula is C13H17NO5S2. The Morgan fingerprint density at radius 3 is 2.43 bits per heavy atom. The fourth-order valence-corrected chi connectivity index (χ4v) is 4.16. The van der Waals surface area contributed by atoms with Gasteiger partial charge >= 0.3 is 0 Å². The van der Waals surface area contributed by atoms with E-state index in [2.05, 4.69) is 8.91 Å². The summed E-state index contributed by atoms with van der Waals surface area (Å²) in [6.07, 6.45) is 4.94. The third-order valence-corrected chi connectivity index (χ3v) is 5.21. The number of rotatable bonds is 7. The molecule has 1 aromatic rings. The van der Waals surface area contributed by atoms with Crippen molar-refractivity contribution >= 4 is 20.1 Å². The van der Waals surface area contributed by atoms with Gasteiger partial charge in [-0.15, -0.1) is 6.42 Å². The van der Waals surface area contributed by atoms with Crippen molar-refractivity contribution < 1.29 is 21.0 Å². The number of terminal acetylenes is 1. The normalized spacial score (nSPS) is 12.3. The molecule has 0 aliphatic heterocycles. The first-order chi connectivity index (χ1) is 9.68. The molecule has 1 N–H and O–H groups in total. The van der Waals surface area contributed by atoms with E-state index in [1.807, 2.05) is 5.92 Å². The topological polar surface area (TPSA) is 89.5 Å². The molecule has 8 heteroatoms. The molecule has 0 heterocycles. The van der Waals surface area contributed by atoms with Crippen LogP contribution in [0.1, 0.15) is 19.4 Å². The second-order valence-electron chi connectivity index (χ2n) is 4.55. The van der Waals surface area contributed by atoms with E-state index in [4.69, 9.17) is 6.42 Å². The Hall–Kier alpha value is -1.40. The summed E-state index contributed by atoms with van der Waals surface area (Å²) in [6, 6.07) is 5.54. The molecule has 0 radical (unpaired) electrons. The Kier molecular flexibility index (Phi) is 5.92. The van der Waals surface area contributed by atoms with Crippen LogP contribution in [0.25, 0.3) is 0 Å². The lowest BCUT2D eigenvalue weighted by Gasteiger charge is -2.13. The summed E-state index contributed by atoms with van der Waals surface area (Å²) in [6.45, 7) is 2.96. The van der Waals surface area contributed by atoms with Gasteiger partial charge in [0, 0.05) is 6.04 Å². The Balaban J connectivity index is 3.15. The van der Waals surface area contributed by atoms with E-state index >= 15 is 0 Å². The Morgan fingerprint density at radius 2 is 1.86 bits per heavy atom. The molecule has 116 valence electrons. The first-order valence-corrected chi connectivity index (χ1v) is 9.15.